The van der Waals surface area contributed by atoms with Crippen molar-refractivity contribution in [1.29, 1.82) is 0 Å². The summed E-state index contributed by atoms with van der Waals surface area (Å²) < 4.78 is 12.6. The predicted molar refractivity (Wildman–Crippen MR) is 70.5 cm³/mol. The van der Waals surface area contributed by atoms with Gasteiger partial charge in [0.15, 0.2) is 0 Å². The Morgan fingerprint density at radius 1 is 0.938 bits per heavy atom. The minimum atomic E-state index is -0.149. The molecule has 1 rings (SSSR count). The zero-order valence-electron chi connectivity index (χ0n) is 10.0. The van der Waals surface area contributed by atoms with Gasteiger partial charge in [0.05, 0.1) is 0 Å². The van der Waals surface area contributed by atoms with Crippen molar-refractivity contribution in [3.63, 3.8) is 0 Å². The van der Waals surface area contributed by atoms with E-state index in [2.05, 4.69) is 6.92 Å². The van der Waals surface area contributed by atoms with E-state index in [-0.39, 0.29) is 5.82 Å². The molecule has 0 nitrogen and oxygen atoms in total. The molecule has 0 saturated heterocycles. The summed E-state index contributed by atoms with van der Waals surface area (Å²) in [4.78, 5) is 1.18. The summed E-state index contributed by atoms with van der Waals surface area (Å²) in [7, 11) is 0. The fourth-order valence-corrected chi connectivity index (χ4v) is 2.52. The van der Waals surface area contributed by atoms with Gasteiger partial charge in [0.2, 0.25) is 0 Å². The summed E-state index contributed by atoms with van der Waals surface area (Å²) in [5.41, 5.74) is 0. The van der Waals surface area contributed by atoms with Crippen molar-refractivity contribution in [3.05, 3.63) is 30.1 Å². The molecule has 2 heteroatoms. The van der Waals surface area contributed by atoms with Crippen LogP contribution in [0.25, 0.3) is 0 Å². The molecule has 0 atom stereocenters. The molecule has 16 heavy (non-hydrogen) atoms. The molecule has 0 unspecified atom stereocenters. The Balaban J connectivity index is 2.01. The van der Waals surface area contributed by atoms with E-state index in [1.54, 1.807) is 0 Å². The van der Waals surface area contributed by atoms with Crippen LogP contribution in [-0.2, 0) is 0 Å². The number of rotatable bonds is 8. The Morgan fingerprint density at radius 3 is 2.25 bits per heavy atom. The summed E-state index contributed by atoms with van der Waals surface area (Å²) in [6.45, 7) is 2.24. The average molecular weight is 240 g/mol. The second-order valence-corrected chi connectivity index (χ2v) is 5.24. The van der Waals surface area contributed by atoms with Crippen LogP contribution in [0, 0.1) is 5.82 Å². The standard InChI is InChI=1S/C14H21FS/c1-2-3-4-5-6-7-12-16-14-10-8-13(15)9-11-14/h8-11H,2-7,12H2,1H3. The van der Waals surface area contributed by atoms with Gasteiger partial charge in [0.25, 0.3) is 0 Å². The minimum Gasteiger partial charge on any atom is -0.207 e. The number of hydrogen-bond acceptors (Lipinski definition) is 1. The lowest BCUT2D eigenvalue weighted by Crippen LogP contribution is -1.83. The zero-order chi connectivity index (χ0) is 11.6. The van der Waals surface area contributed by atoms with Gasteiger partial charge in [0, 0.05) is 4.90 Å². The molecule has 0 aliphatic rings. The van der Waals surface area contributed by atoms with Crippen molar-refractivity contribution in [2.24, 2.45) is 0 Å². The first-order chi connectivity index (χ1) is 7.83. The molecule has 0 aromatic heterocycles. The maximum Gasteiger partial charge on any atom is 0.123 e. The fourth-order valence-electron chi connectivity index (χ4n) is 1.60. The highest BCUT2D eigenvalue weighted by atomic mass is 32.2. The normalized spacial score (nSPS) is 10.6. The maximum atomic E-state index is 12.6. The van der Waals surface area contributed by atoms with Crippen LogP contribution in [0.4, 0.5) is 4.39 Å². The first-order valence-corrected chi connectivity index (χ1v) is 7.20. The Hall–Kier alpha value is -0.500. The van der Waals surface area contributed by atoms with Gasteiger partial charge in [0.1, 0.15) is 5.82 Å². The van der Waals surface area contributed by atoms with E-state index in [0.29, 0.717) is 0 Å². The lowest BCUT2D eigenvalue weighted by Gasteiger charge is -2.02. The summed E-state index contributed by atoms with van der Waals surface area (Å²) >= 11 is 1.83. The van der Waals surface area contributed by atoms with E-state index in [0.717, 1.165) is 5.75 Å². The largest absolute Gasteiger partial charge is 0.207 e. The molecule has 0 radical (unpaired) electrons. The van der Waals surface area contributed by atoms with Gasteiger partial charge in [-0.05, 0) is 36.4 Å². The van der Waals surface area contributed by atoms with E-state index in [4.69, 9.17) is 0 Å². The van der Waals surface area contributed by atoms with Crippen molar-refractivity contribution < 1.29 is 4.39 Å². The van der Waals surface area contributed by atoms with Crippen molar-refractivity contribution in [3.8, 4) is 0 Å². The predicted octanol–water partition coefficient (Wildman–Crippen LogP) is 5.28. The smallest absolute Gasteiger partial charge is 0.123 e. The van der Waals surface area contributed by atoms with Gasteiger partial charge >= 0.3 is 0 Å². The number of unbranched alkanes of at least 4 members (excludes halogenated alkanes) is 5. The van der Waals surface area contributed by atoms with Gasteiger partial charge in [-0.25, -0.2) is 4.39 Å². The number of halogens is 1. The first-order valence-electron chi connectivity index (χ1n) is 6.21. The molecule has 0 amide bonds. The molecule has 0 fully saturated rings. The highest BCUT2D eigenvalue weighted by Gasteiger charge is 1.95. The Morgan fingerprint density at radius 2 is 1.56 bits per heavy atom. The lowest BCUT2D eigenvalue weighted by atomic mass is 10.1. The number of hydrogen-bond donors (Lipinski definition) is 0. The fraction of sp³-hybridized carbons (Fsp3) is 0.571. The molecule has 0 aliphatic heterocycles. The molecule has 1 aromatic rings. The number of benzene rings is 1. The van der Waals surface area contributed by atoms with Gasteiger partial charge in [-0.15, -0.1) is 11.8 Å². The molecule has 0 heterocycles. The second-order valence-electron chi connectivity index (χ2n) is 4.07. The molecule has 0 N–H and O–H groups in total. The van der Waals surface area contributed by atoms with Crippen LogP contribution in [0.2, 0.25) is 0 Å². The van der Waals surface area contributed by atoms with Crippen molar-refractivity contribution in [1.82, 2.24) is 0 Å². The Labute approximate surface area is 103 Å². The van der Waals surface area contributed by atoms with Crippen molar-refractivity contribution >= 4 is 11.8 Å². The van der Waals surface area contributed by atoms with Gasteiger partial charge in [-0.1, -0.05) is 39.0 Å². The van der Waals surface area contributed by atoms with Crippen LogP contribution in [0.5, 0.6) is 0 Å². The quantitative estimate of drug-likeness (QED) is 0.440. The van der Waals surface area contributed by atoms with Crippen LogP contribution in [0.1, 0.15) is 45.4 Å². The molecular formula is C14H21FS. The highest BCUT2D eigenvalue weighted by molar-refractivity contribution is 7.99. The van der Waals surface area contributed by atoms with E-state index in [1.807, 2.05) is 23.9 Å². The third kappa shape index (κ3) is 6.16. The maximum absolute atomic E-state index is 12.6. The average Bonchev–Trinajstić information content (AvgIpc) is 2.30. The summed E-state index contributed by atoms with van der Waals surface area (Å²) in [5, 5.41) is 0. The minimum absolute atomic E-state index is 0.149. The number of thioether (sulfide) groups is 1. The summed E-state index contributed by atoms with van der Waals surface area (Å²) in [5.74, 6) is 1.00. The molecular weight excluding hydrogens is 219 g/mol. The van der Waals surface area contributed by atoms with Gasteiger partial charge in [-0.2, -0.15) is 0 Å². The Kier molecular flexibility index (Phi) is 7.32. The van der Waals surface area contributed by atoms with Crippen molar-refractivity contribution in [2.45, 2.75) is 50.3 Å². The second kappa shape index (κ2) is 8.63. The van der Waals surface area contributed by atoms with Gasteiger partial charge < -0.3 is 0 Å². The van der Waals surface area contributed by atoms with E-state index >= 15 is 0 Å². The summed E-state index contributed by atoms with van der Waals surface area (Å²) in [6.07, 6.45) is 8.00. The molecule has 0 aliphatic carbocycles. The molecule has 0 spiro atoms. The molecule has 90 valence electrons. The van der Waals surface area contributed by atoms with Crippen LogP contribution in [0.15, 0.2) is 29.2 Å². The third-order valence-corrected chi connectivity index (χ3v) is 3.68. The van der Waals surface area contributed by atoms with E-state index < -0.39 is 0 Å². The zero-order valence-corrected chi connectivity index (χ0v) is 10.9. The monoisotopic (exact) mass is 240 g/mol. The molecule has 0 bridgehead atoms. The highest BCUT2D eigenvalue weighted by Crippen LogP contribution is 2.20. The van der Waals surface area contributed by atoms with Gasteiger partial charge in [-0.3, -0.25) is 0 Å². The van der Waals surface area contributed by atoms with Crippen LogP contribution < -0.4 is 0 Å². The SMILES string of the molecule is CCCCCCCCSc1ccc(F)cc1. The van der Waals surface area contributed by atoms with Crippen molar-refractivity contribution in [2.75, 3.05) is 5.75 Å². The first kappa shape index (κ1) is 13.6. The van der Waals surface area contributed by atoms with Crippen LogP contribution >= 0.6 is 11.8 Å². The van der Waals surface area contributed by atoms with E-state index in [1.165, 1.54) is 55.6 Å². The lowest BCUT2D eigenvalue weighted by molar-refractivity contribution is 0.625. The summed E-state index contributed by atoms with van der Waals surface area (Å²) in [6, 6.07) is 6.78. The van der Waals surface area contributed by atoms with E-state index in [9.17, 15) is 4.39 Å². The molecule has 1 aromatic carbocycles. The molecule has 0 saturated carbocycles. The third-order valence-electron chi connectivity index (χ3n) is 2.58. The van der Waals surface area contributed by atoms with Crippen LogP contribution in [0.3, 0.4) is 0 Å². The Bertz CT molecular complexity index is 269. The van der Waals surface area contributed by atoms with Crippen LogP contribution in [-0.4, -0.2) is 5.75 Å². The topological polar surface area (TPSA) is 0 Å².